The molecule has 0 heterocycles. The van der Waals surface area contributed by atoms with Gasteiger partial charge in [0.05, 0.1) is 26.8 Å². The Morgan fingerprint density at radius 3 is 1.69 bits per heavy atom. The molecule has 5 nitrogen and oxygen atoms in total. The van der Waals surface area contributed by atoms with Crippen molar-refractivity contribution in [2.45, 2.75) is 13.8 Å². The highest BCUT2D eigenvalue weighted by Crippen LogP contribution is 2.00. The molecular weight excluding hydrogens is 210 g/mol. The van der Waals surface area contributed by atoms with Crippen molar-refractivity contribution in [3.8, 4) is 0 Å². The fourth-order valence-electron chi connectivity index (χ4n) is 1.05. The minimum atomic E-state index is -1.08. The number of ether oxygens (including phenoxy) is 2. The van der Waals surface area contributed by atoms with Gasteiger partial charge in [0, 0.05) is 20.2 Å². The molecule has 0 saturated heterocycles. The van der Waals surface area contributed by atoms with E-state index < -0.39 is 5.97 Å². The summed E-state index contributed by atoms with van der Waals surface area (Å²) < 4.78 is 11.2. The van der Waals surface area contributed by atoms with Crippen LogP contribution in [0.5, 0.6) is 0 Å². The van der Waals surface area contributed by atoms with Crippen molar-refractivity contribution in [2.24, 2.45) is 0 Å². The lowest BCUT2D eigenvalue weighted by Crippen LogP contribution is -2.48. The number of nitrogens with zero attached hydrogens (tertiary/aromatic N) is 1. The number of rotatable bonds is 7. The van der Waals surface area contributed by atoms with Crippen molar-refractivity contribution >= 4 is 5.97 Å². The summed E-state index contributed by atoms with van der Waals surface area (Å²) in [6.07, 6.45) is 0. The maximum atomic E-state index is 8.89. The van der Waals surface area contributed by atoms with Crippen LogP contribution in [0, 0.1) is 0 Å². The summed E-state index contributed by atoms with van der Waals surface area (Å²) in [5, 5.41) is 8.89. The van der Waals surface area contributed by atoms with Crippen molar-refractivity contribution in [3.05, 3.63) is 0 Å². The summed E-state index contributed by atoms with van der Waals surface area (Å²) in [5.74, 6) is -1.08. The number of methoxy groups -OCH3 is 2. The zero-order chi connectivity index (χ0) is 13.0. The highest BCUT2D eigenvalue weighted by Gasteiger charge is 2.17. The number of quaternary nitrogens is 1. The molecule has 0 aliphatic heterocycles. The second kappa shape index (κ2) is 10.9. The molecule has 0 aromatic rings. The molecule has 0 aliphatic rings. The Morgan fingerprint density at radius 2 is 1.50 bits per heavy atom. The van der Waals surface area contributed by atoms with Gasteiger partial charge in [-0.15, -0.1) is 0 Å². The smallest absolute Gasteiger partial charge is 0.102 e. The molecule has 0 radical (unpaired) electrons. The van der Waals surface area contributed by atoms with Crippen molar-refractivity contribution < 1.29 is 23.9 Å². The number of likely N-dealkylation sites (N-methyl/N-ethyl adjacent to an activating group) is 1. The van der Waals surface area contributed by atoms with Crippen molar-refractivity contribution in [1.82, 2.24) is 0 Å². The molecule has 0 unspecified atom stereocenters. The van der Waals surface area contributed by atoms with E-state index >= 15 is 0 Å². The topological polar surface area (TPSA) is 58.6 Å². The summed E-state index contributed by atoms with van der Waals surface area (Å²) in [5.41, 5.74) is 0. The molecule has 0 bridgehead atoms. The molecule has 0 atom stereocenters. The third-order valence-corrected chi connectivity index (χ3v) is 2.43. The van der Waals surface area contributed by atoms with Gasteiger partial charge >= 0.3 is 0 Å². The minimum Gasteiger partial charge on any atom is -0.550 e. The van der Waals surface area contributed by atoms with E-state index in [0.717, 1.165) is 44.3 Å². The Kier molecular flexibility index (Phi) is 12.0. The maximum Gasteiger partial charge on any atom is 0.102 e. The van der Waals surface area contributed by atoms with Gasteiger partial charge in [0.25, 0.3) is 0 Å². The molecule has 16 heavy (non-hydrogen) atoms. The third-order valence-electron chi connectivity index (χ3n) is 2.43. The highest BCUT2D eigenvalue weighted by atomic mass is 16.5. The highest BCUT2D eigenvalue weighted by molar-refractivity contribution is 5.60. The Morgan fingerprint density at radius 1 is 1.19 bits per heavy atom. The number of hydrogen-bond donors (Lipinski definition) is 0. The van der Waals surface area contributed by atoms with E-state index in [1.165, 1.54) is 0 Å². The first-order valence-corrected chi connectivity index (χ1v) is 5.41. The average Bonchev–Trinajstić information content (AvgIpc) is 2.23. The van der Waals surface area contributed by atoms with Gasteiger partial charge in [-0.3, -0.25) is 0 Å². The lowest BCUT2D eigenvalue weighted by Gasteiger charge is -2.32. The van der Waals surface area contributed by atoms with Gasteiger partial charge in [-0.2, -0.15) is 0 Å². The van der Waals surface area contributed by atoms with Crippen LogP contribution in [-0.4, -0.2) is 64.6 Å². The molecule has 0 amide bonds. The molecule has 0 aliphatic carbocycles. The maximum absolute atomic E-state index is 8.89. The van der Waals surface area contributed by atoms with Crippen molar-refractivity contribution in [2.75, 3.05) is 54.1 Å². The van der Waals surface area contributed by atoms with Gasteiger partial charge in [0.1, 0.15) is 13.1 Å². The van der Waals surface area contributed by atoms with Crippen molar-refractivity contribution in [3.63, 3.8) is 0 Å². The number of carbonyl (C=O) groups excluding carboxylic acids is 1. The van der Waals surface area contributed by atoms with Gasteiger partial charge in [-0.25, -0.2) is 0 Å². The van der Waals surface area contributed by atoms with E-state index in [2.05, 4.69) is 14.0 Å². The molecule has 0 rings (SSSR count). The predicted octanol–water partition coefficient (Wildman–Crippen LogP) is -0.498. The number of carboxylic acids is 1. The molecule has 98 valence electrons. The van der Waals surface area contributed by atoms with E-state index in [-0.39, 0.29) is 0 Å². The van der Waals surface area contributed by atoms with Crippen LogP contribution in [0.2, 0.25) is 0 Å². The van der Waals surface area contributed by atoms with Crippen LogP contribution < -0.4 is 5.11 Å². The number of aliphatic carboxylic acids is 1. The van der Waals surface area contributed by atoms with Crippen molar-refractivity contribution in [1.29, 1.82) is 0 Å². The number of carbonyl (C=O) groups is 1. The van der Waals surface area contributed by atoms with Gasteiger partial charge in [-0.05, 0) is 13.8 Å². The zero-order valence-corrected chi connectivity index (χ0v) is 11.1. The standard InChI is InChI=1S/C9H22NO2.C2H4O2/c1-5-10(2,6-8-11-3)7-9-12-4;1-2(3)4/h5-9H2,1-4H3;1H3,(H,3,4)/q+1;/p-1. The van der Waals surface area contributed by atoms with Crippen LogP contribution in [0.3, 0.4) is 0 Å². The molecular formula is C11H25NO4. The van der Waals surface area contributed by atoms with Crippen LogP contribution in [-0.2, 0) is 14.3 Å². The monoisotopic (exact) mass is 235 g/mol. The largest absolute Gasteiger partial charge is 0.550 e. The number of carboxylic acid groups (broad SMARTS) is 1. The molecule has 0 spiro atoms. The van der Waals surface area contributed by atoms with Gasteiger partial charge in [0.2, 0.25) is 0 Å². The Labute approximate surface area is 98.5 Å². The van der Waals surface area contributed by atoms with E-state index in [1.54, 1.807) is 14.2 Å². The molecule has 0 N–H and O–H groups in total. The fraction of sp³-hybridized carbons (Fsp3) is 0.909. The quantitative estimate of drug-likeness (QED) is 0.558. The fourth-order valence-corrected chi connectivity index (χ4v) is 1.05. The second-order valence-electron chi connectivity index (χ2n) is 3.86. The lowest BCUT2D eigenvalue weighted by atomic mass is 10.4. The summed E-state index contributed by atoms with van der Waals surface area (Å²) in [6.45, 7) is 8.09. The lowest BCUT2D eigenvalue weighted by molar-refractivity contribution is -0.908. The van der Waals surface area contributed by atoms with Crippen LogP contribution in [0.4, 0.5) is 0 Å². The SMILES string of the molecule is CC(=O)[O-].CC[N+](C)(CCOC)CCOC. The predicted molar refractivity (Wildman–Crippen MR) is 60.9 cm³/mol. The first-order valence-electron chi connectivity index (χ1n) is 5.41. The summed E-state index contributed by atoms with van der Waals surface area (Å²) in [4.78, 5) is 8.89. The summed E-state index contributed by atoms with van der Waals surface area (Å²) in [7, 11) is 5.73. The average molecular weight is 235 g/mol. The Hall–Kier alpha value is -0.650. The molecule has 0 aromatic heterocycles. The van der Waals surface area contributed by atoms with E-state index in [1.807, 2.05) is 0 Å². The van der Waals surface area contributed by atoms with Crippen LogP contribution in [0.1, 0.15) is 13.8 Å². The molecule has 0 aromatic carbocycles. The van der Waals surface area contributed by atoms with Crippen LogP contribution >= 0.6 is 0 Å². The minimum absolute atomic E-state index is 0.827. The van der Waals surface area contributed by atoms with E-state index in [9.17, 15) is 0 Å². The first kappa shape index (κ1) is 17.7. The van der Waals surface area contributed by atoms with Crippen LogP contribution in [0.15, 0.2) is 0 Å². The zero-order valence-electron chi connectivity index (χ0n) is 11.1. The molecule has 5 heteroatoms. The van der Waals surface area contributed by atoms with E-state index in [0.29, 0.717) is 0 Å². The third kappa shape index (κ3) is 13.4. The Bertz CT molecular complexity index is 161. The number of hydrogen-bond acceptors (Lipinski definition) is 4. The molecule has 0 saturated carbocycles. The first-order chi connectivity index (χ1) is 7.41. The Balaban J connectivity index is 0. The van der Waals surface area contributed by atoms with Gasteiger partial charge in [0.15, 0.2) is 0 Å². The summed E-state index contributed by atoms with van der Waals surface area (Å²) in [6, 6.07) is 0. The van der Waals surface area contributed by atoms with Gasteiger partial charge < -0.3 is 23.9 Å². The summed E-state index contributed by atoms with van der Waals surface area (Å²) >= 11 is 0. The van der Waals surface area contributed by atoms with Gasteiger partial charge in [-0.1, -0.05) is 0 Å². The van der Waals surface area contributed by atoms with Crippen LogP contribution in [0.25, 0.3) is 0 Å². The molecule has 0 fully saturated rings. The second-order valence-corrected chi connectivity index (χ2v) is 3.86. The normalized spacial score (nSPS) is 10.6. The van der Waals surface area contributed by atoms with E-state index in [4.69, 9.17) is 19.4 Å².